The van der Waals surface area contributed by atoms with Crippen LogP contribution in [0.25, 0.3) is 10.9 Å². The van der Waals surface area contributed by atoms with E-state index >= 15 is 0 Å². The van der Waals surface area contributed by atoms with Gasteiger partial charge in [0.15, 0.2) is 5.75 Å². The van der Waals surface area contributed by atoms with Gasteiger partial charge in [0.2, 0.25) is 0 Å². The number of rotatable bonds is 5. The van der Waals surface area contributed by atoms with Gasteiger partial charge in [0.25, 0.3) is 11.6 Å². The summed E-state index contributed by atoms with van der Waals surface area (Å²) < 4.78 is 19.1. The van der Waals surface area contributed by atoms with Crippen molar-refractivity contribution in [2.45, 2.75) is 0 Å². The molecule has 8 heteroatoms. The van der Waals surface area contributed by atoms with E-state index in [9.17, 15) is 19.3 Å². The first-order valence-electron chi connectivity index (χ1n) is 8.60. The number of H-pyrrole nitrogens is 1. The van der Waals surface area contributed by atoms with E-state index in [0.717, 1.165) is 0 Å². The van der Waals surface area contributed by atoms with Crippen LogP contribution in [-0.2, 0) is 0 Å². The lowest BCUT2D eigenvalue weighted by Gasteiger charge is -2.12. The van der Waals surface area contributed by atoms with Crippen LogP contribution in [-0.4, -0.2) is 15.8 Å². The number of nitrogens with zero attached hydrogens (tertiary/aromatic N) is 1. The Balaban J connectivity index is 1.63. The quantitative estimate of drug-likeness (QED) is 0.358. The number of anilines is 1. The molecule has 3 aromatic carbocycles. The molecule has 0 aliphatic heterocycles. The van der Waals surface area contributed by atoms with Crippen LogP contribution >= 0.6 is 0 Å². The first kappa shape index (κ1) is 18.2. The Bertz CT molecular complexity index is 1240. The number of ether oxygens (including phenoxy) is 1. The number of amides is 1. The molecule has 0 radical (unpaired) electrons. The number of carbonyl (C=O) groups excluding carboxylic acids is 1. The van der Waals surface area contributed by atoms with Crippen LogP contribution in [0.3, 0.4) is 0 Å². The number of hydrogen-bond donors (Lipinski definition) is 2. The maximum atomic E-state index is 13.4. The van der Waals surface area contributed by atoms with Crippen LogP contribution < -0.4 is 10.1 Å². The molecule has 0 fully saturated rings. The third kappa shape index (κ3) is 3.77. The Morgan fingerprint density at radius 1 is 1.07 bits per heavy atom. The van der Waals surface area contributed by atoms with E-state index < -0.39 is 16.6 Å². The molecule has 0 aliphatic rings. The maximum Gasteiger partial charge on any atom is 0.270 e. The summed E-state index contributed by atoms with van der Waals surface area (Å²) in [5.41, 5.74) is 1.12. The van der Waals surface area contributed by atoms with Crippen molar-refractivity contribution in [3.05, 3.63) is 94.4 Å². The van der Waals surface area contributed by atoms with Crippen LogP contribution in [0.2, 0.25) is 0 Å². The summed E-state index contributed by atoms with van der Waals surface area (Å²) >= 11 is 0. The summed E-state index contributed by atoms with van der Waals surface area (Å²) in [5, 5.41) is 14.2. The number of halogens is 1. The molecule has 7 nitrogen and oxygen atoms in total. The lowest BCUT2D eigenvalue weighted by molar-refractivity contribution is -0.384. The lowest BCUT2D eigenvalue weighted by Crippen LogP contribution is -2.12. The molecule has 0 spiro atoms. The van der Waals surface area contributed by atoms with E-state index in [0.29, 0.717) is 22.3 Å². The molecule has 4 rings (SSSR count). The van der Waals surface area contributed by atoms with Crippen molar-refractivity contribution in [1.82, 2.24) is 4.98 Å². The second-order valence-electron chi connectivity index (χ2n) is 6.20. The molecule has 0 unspecified atom stereocenters. The number of fused-ring (bicyclic) bond motifs is 1. The number of nitro benzene ring substituents is 1. The summed E-state index contributed by atoms with van der Waals surface area (Å²) in [6.45, 7) is 0. The van der Waals surface area contributed by atoms with Crippen LogP contribution in [0, 0.1) is 15.9 Å². The zero-order chi connectivity index (χ0) is 20.4. The van der Waals surface area contributed by atoms with Gasteiger partial charge in [-0.1, -0.05) is 18.2 Å². The Hall–Kier alpha value is -4.20. The van der Waals surface area contributed by atoms with E-state index in [1.54, 1.807) is 36.4 Å². The highest BCUT2D eigenvalue weighted by atomic mass is 19.1. The molecule has 0 aliphatic carbocycles. The topological polar surface area (TPSA) is 97.3 Å². The molecule has 0 saturated heterocycles. The number of aromatic nitrogens is 1. The number of benzene rings is 3. The van der Waals surface area contributed by atoms with Crippen molar-refractivity contribution in [2.75, 3.05) is 5.32 Å². The second-order valence-corrected chi connectivity index (χ2v) is 6.20. The molecule has 29 heavy (non-hydrogen) atoms. The van der Waals surface area contributed by atoms with E-state index in [1.165, 1.54) is 36.5 Å². The van der Waals surface area contributed by atoms with Crippen LogP contribution in [0.4, 0.5) is 15.8 Å². The average molecular weight is 391 g/mol. The first-order chi connectivity index (χ1) is 14.0. The van der Waals surface area contributed by atoms with Gasteiger partial charge in [-0.15, -0.1) is 0 Å². The fourth-order valence-corrected chi connectivity index (χ4v) is 2.92. The zero-order valence-corrected chi connectivity index (χ0v) is 14.9. The minimum absolute atomic E-state index is 0.110. The number of nitrogens with one attached hydrogen (secondary N) is 2. The summed E-state index contributed by atoms with van der Waals surface area (Å²) in [7, 11) is 0. The highest BCUT2D eigenvalue weighted by Crippen LogP contribution is 2.31. The van der Waals surface area contributed by atoms with Gasteiger partial charge in [-0.3, -0.25) is 14.9 Å². The minimum Gasteiger partial charge on any atom is -0.455 e. The van der Waals surface area contributed by atoms with Gasteiger partial charge < -0.3 is 15.0 Å². The third-order valence-electron chi connectivity index (χ3n) is 4.28. The highest BCUT2D eigenvalue weighted by molar-refractivity contribution is 6.13. The molecule has 1 aromatic heterocycles. The molecule has 1 amide bonds. The molecule has 0 bridgehead atoms. The Labute approximate surface area is 163 Å². The summed E-state index contributed by atoms with van der Waals surface area (Å²) in [5.74, 6) is -0.289. The Morgan fingerprint density at radius 3 is 2.69 bits per heavy atom. The van der Waals surface area contributed by atoms with Gasteiger partial charge >= 0.3 is 0 Å². The number of hydrogen-bond acceptors (Lipinski definition) is 4. The average Bonchev–Trinajstić information content (AvgIpc) is 3.13. The highest BCUT2D eigenvalue weighted by Gasteiger charge is 2.17. The van der Waals surface area contributed by atoms with Gasteiger partial charge in [0.1, 0.15) is 11.6 Å². The number of carbonyl (C=O) groups is 1. The molecule has 1 heterocycles. The molecule has 144 valence electrons. The third-order valence-corrected chi connectivity index (χ3v) is 4.28. The van der Waals surface area contributed by atoms with E-state index in [1.807, 2.05) is 0 Å². The van der Waals surface area contributed by atoms with Crippen molar-refractivity contribution < 1.29 is 18.8 Å². The summed E-state index contributed by atoms with van der Waals surface area (Å²) in [6.07, 6.45) is 1.49. The van der Waals surface area contributed by atoms with E-state index in [2.05, 4.69) is 10.3 Å². The number of para-hydroxylation sites is 2. The van der Waals surface area contributed by atoms with Gasteiger partial charge in [-0.2, -0.15) is 0 Å². The molecule has 4 aromatic rings. The van der Waals surface area contributed by atoms with Gasteiger partial charge in [-0.05, 0) is 30.3 Å². The van der Waals surface area contributed by atoms with Crippen molar-refractivity contribution in [3.63, 3.8) is 0 Å². The first-order valence-corrected chi connectivity index (χ1v) is 8.60. The molecular weight excluding hydrogens is 377 g/mol. The van der Waals surface area contributed by atoms with Gasteiger partial charge in [0, 0.05) is 35.3 Å². The Morgan fingerprint density at radius 2 is 1.90 bits per heavy atom. The predicted molar refractivity (Wildman–Crippen MR) is 106 cm³/mol. The number of non-ortho nitro benzene ring substituents is 1. The van der Waals surface area contributed by atoms with Gasteiger partial charge in [0.05, 0.1) is 16.2 Å². The monoisotopic (exact) mass is 391 g/mol. The zero-order valence-electron chi connectivity index (χ0n) is 14.9. The number of nitro groups is 1. The van der Waals surface area contributed by atoms with Crippen molar-refractivity contribution in [1.29, 1.82) is 0 Å². The SMILES string of the molecule is O=C(Nc1ccccc1Oc1cccc(F)c1)c1c[nH]c2ccc([N+](=O)[O-])cc12. The number of aromatic amines is 1. The lowest BCUT2D eigenvalue weighted by atomic mass is 10.1. The fraction of sp³-hybridized carbons (Fsp3) is 0. The molecule has 2 N–H and O–H groups in total. The fourth-order valence-electron chi connectivity index (χ4n) is 2.92. The van der Waals surface area contributed by atoms with Gasteiger partial charge in [-0.25, -0.2) is 4.39 Å². The second kappa shape index (κ2) is 7.43. The van der Waals surface area contributed by atoms with E-state index in [4.69, 9.17) is 4.74 Å². The largest absolute Gasteiger partial charge is 0.455 e. The molecule has 0 saturated carbocycles. The van der Waals surface area contributed by atoms with Crippen LogP contribution in [0.1, 0.15) is 10.4 Å². The van der Waals surface area contributed by atoms with Crippen molar-refractivity contribution >= 4 is 28.2 Å². The van der Waals surface area contributed by atoms with Crippen molar-refractivity contribution in [2.24, 2.45) is 0 Å². The van der Waals surface area contributed by atoms with Crippen LogP contribution in [0.5, 0.6) is 11.5 Å². The van der Waals surface area contributed by atoms with Crippen molar-refractivity contribution in [3.8, 4) is 11.5 Å². The minimum atomic E-state index is -0.518. The molecular formula is C21H14FN3O4. The summed E-state index contributed by atoms with van der Waals surface area (Å²) in [6, 6.07) is 16.6. The predicted octanol–water partition coefficient (Wildman–Crippen LogP) is 5.26. The normalized spacial score (nSPS) is 10.7. The van der Waals surface area contributed by atoms with Crippen LogP contribution in [0.15, 0.2) is 72.9 Å². The maximum absolute atomic E-state index is 13.4. The smallest absolute Gasteiger partial charge is 0.270 e. The molecule has 0 atom stereocenters. The van der Waals surface area contributed by atoms with E-state index in [-0.39, 0.29) is 17.0 Å². The Kier molecular flexibility index (Phi) is 4.66. The summed E-state index contributed by atoms with van der Waals surface area (Å²) in [4.78, 5) is 26.3. The standard InChI is InChI=1S/C21H14FN3O4/c22-13-4-3-5-15(10-13)29-20-7-2-1-6-19(20)24-21(26)17-12-23-18-9-8-14(25(27)28)11-16(17)18/h1-12,23H,(H,24,26).